The van der Waals surface area contributed by atoms with E-state index in [0.29, 0.717) is 24.7 Å². The van der Waals surface area contributed by atoms with Crippen molar-refractivity contribution in [3.8, 4) is 11.5 Å². The number of nitrogen functional groups attached to an aromatic ring is 1. The van der Waals surface area contributed by atoms with Gasteiger partial charge >= 0.3 is 0 Å². The van der Waals surface area contributed by atoms with Crippen LogP contribution in [0.5, 0.6) is 11.5 Å². The molecule has 3 N–H and O–H groups in total. The van der Waals surface area contributed by atoms with E-state index in [0.717, 1.165) is 0 Å². The van der Waals surface area contributed by atoms with Crippen molar-refractivity contribution >= 4 is 21.4 Å². The van der Waals surface area contributed by atoms with Crippen molar-refractivity contribution in [2.24, 2.45) is 7.05 Å². The molecule has 1 aromatic carbocycles. The summed E-state index contributed by atoms with van der Waals surface area (Å²) in [6.07, 6.45) is 2.66. The van der Waals surface area contributed by atoms with Crippen molar-refractivity contribution in [1.82, 2.24) is 9.78 Å². The quantitative estimate of drug-likeness (QED) is 0.803. The number of hydrogen-bond acceptors (Lipinski definition) is 6. The van der Waals surface area contributed by atoms with Gasteiger partial charge in [-0.1, -0.05) is 0 Å². The predicted octanol–water partition coefficient (Wildman–Crippen LogP) is 0.574. The highest BCUT2D eigenvalue weighted by atomic mass is 32.2. The minimum atomic E-state index is -3.75. The molecule has 8 nitrogen and oxygen atoms in total. The predicted molar refractivity (Wildman–Crippen MR) is 75.9 cm³/mol. The minimum absolute atomic E-state index is 0.0549. The van der Waals surface area contributed by atoms with Gasteiger partial charge in [-0.15, -0.1) is 0 Å². The van der Waals surface area contributed by atoms with Crippen molar-refractivity contribution in [2.45, 2.75) is 4.90 Å². The van der Waals surface area contributed by atoms with E-state index < -0.39 is 10.0 Å². The minimum Gasteiger partial charge on any atom is -0.486 e. The molecule has 0 bridgehead atoms. The fourth-order valence-corrected chi connectivity index (χ4v) is 3.00. The van der Waals surface area contributed by atoms with Crippen LogP contribution >= 0.6 is 0 Å². The fourth-order valence-electron chi connectivity index (χ4n) is 1.93. The number of ether oxygens (including phenoxy) is 2. The van der Waals surface area contributed by atoms with E-state index in [1.54, 1.807) is 7.05 Å². The van der Waals surface area contributed by atoms with Gasteiger partial charge in [0.05, 0.1) is 17.6 Å². The van der Waals surface area contributed by atoms with Crippen LogP contribution in [0, 0.1) is 0 Å². The highest BCUT2D eigenvalue weighted by Crippen LogP contribution is 2.37. The molecule has 21 heavy (non-hydrogen) atoms. The van der Waals surface area contributed by atoms with Crippen molar-refractivity contribution in [1.29, 1.82) is 0 Å². The molecule has 2 aromatic rings. The number of aromatic nitrogens is 2. The van der Waals surface area contributed by atoms with Crippen LogP contribution in [-0.4, -0.2) is 31.4 Å². The molecule has 1 aliphatic rings. The van der Waals surface area contributed by atoms with Crippen LogP contribution < -0.4 is 19.9 Å². The Bertz CT molecular complexity index is 785. The molecule has 0 atom stereocenters. The summed E-state index contributed by atoms with van der Waals surface area (Å²) >= 11 is 0. The first kappa shape index (κ1) is 13.6. The van der Waals surface area contributed by atoms with Gasteiger partial charge in [0, 0.05) is 25.4 Å². The molecule has 0 amide bonds. The summed E-state index contributed by atoms with van der Waals surface area (Å²) in [5.74, 6) is 0.961. The molecule has 0 spiro atoms. The summed E-state index contributed by atoms with van der Waals surface area (Å²) in [7, 11) is -2.11. The highest BCUT2D eigenvalue weighted by molar-refractivity contribution is 7.92. The summed E-state index contributed by atoms with van der Waals surface area (Å²) in [5, 5.41) is 3.84. The van der Waals surface area contributed by atoms with E-state index in [1.165, 1.54) is 29.2 Å². The number of sulfonamides is 1. The summed E-state index contributed by atoms with van der Waals surface area (Å²) in [4.78, 5) is 0.0549. The summed E-state index contributed by atoms with van der Waals surface area (Å²) < 4.78 is 39.1. The number of aryl methyl sites for hydroxylation is 1. The number of rotatable bonds is 3. The van der Waals surface area contributed by atoms with Crippen LogP contribution in [0.4, 0.5) is 11.4 Å². The number of benzene rings is 1. The standard InChI is InChI=1S/C12H14N4O4S/c1-16-7-8(6-14-16)21(17,18)15-10-5-12-11(4-9(10)13)19-2-3-20-12/h4-7,15H,2-3,13H2,1H3. The zero-order valence-corrected chi connectivity index (χ0v) is 12.1. The van der Waals surface area contributed by atoms with Crippen molar-refractivity contribution in [2.75, 3.05) is 23.7 Å². The Balaban J connectivity index is 1.94. The zero-order chi connectivity index (χ0) is 15.0. The lowest BCUT2D eigenvalue weighted by atomic mass is 10.2. The molecule has 0 saturated heterocycles. The molecular formula is C12H14N4O4S. The maximum absolute atomic E-state index is 12.2. The van der Waals surface area contributed by atoms with E-state index in [-0.39, 0.29) is 16.3 Å². The third-order valence-corrected chi connectivity index (χ3v) is 4.27. The van der Waals surface area contributed by atoms with Crippen LogP contribution in [0.15, 0.2) is 29.4 Å². The first-order valence-corrected chi connectivity index (χ1v) is 7.64. The van der Waals surface area contributed by atoms with Gasteiger partial charge in [0.2, 0.25) is 0 Å². The molecule has 3 rings (SSSR count). The second-order valence-corrected chi connectivity index (χ2v) is 6.22. The Morgan fingerprint density at radius 3 is 2.57 bits per heavy atom. The molecule has 0 saturated carbocycles. The molecule has 0 fully saturated rings. The topological polar surface area (TPSA) is 108 Å². The Morgan fingerprint density at radius 2 is 1.95 bits per heavy atom. The Labute approximate surface area is 121 Å². The number of nitrogens with two attached hydrogens (primary N) is 1. The maximum atomic E-state index is 12.2. The molecule has 1 aromatic heterocycles. The highest BCUT2D eigenvalue weighted by Gasteiger charge is 2.20. The summed E-state index contributed by atoms with van der Waals surface area (Å²) in [6.45, 7) is 0.846. The largest absolute Gasteiger partial charge is 0.486 e. The van der Waals surface area contributed by atoms with Gasteiger partial charge in [0.25, 0.3) is 10.0 Å². The lowest BCUT2D eigenvalue weighted by Gasteiger charge is -2.20. The van der Waals surface area contributed by atoms with E-state index in [2.05, 4.69) is 9.82 Å². The van der Waals surface area contributed by atoms with Crippen molar-refractivity contribution in [3.05, 3.63) is 24.5 Å². The van der Waals surface area contributed by atoms with Crippen molar-refractivity contribution in [3.63, 3.8) is 0 Å². The van der Waals surface area contributed by atoms with E-state index >= 15 is 0 Å². The number of nitrogens with one attached hydrogen (secondary N) is 1. The van der Waals surface area contributed by atoms with Crippen LogP contribution in [0.1, 0.15) is 0 Å². The lowest BCUT2D eigenvalue weighted by molar-refractivity contribution is 0.172. The van der Waals surface area contributed by atoms with Gasteiger partial charge in [-0.3, -0.25) is 9.40 Å². The molecule has 1 aliphatic heterocycles. The van der Waals surface area contributed by atoms with Gasteiger partial charge in [-0.05, 0) is 0 Å². The van der Waals surface area contributed by atoms with Crippen LogP contribution in [0.3, 0.4) is 0 Å². The SMILES string of the molecule is Cn1cc(S(=O)(=O)Nc2cc3c(cc2N)OCCO3)cn1. The third kappa shape index (κ3) is 2.59. The Kier molecular flexibility index (Phi) is 3.13. The molecule has 9 heteroatoms. The lowest BCUT2D eigenvalue weighted by Crippen LogP contribution is -2.17. The molecular weight excluding hydrogens is 296 g/mol. The Hall–Kier alpha value is -2.42. The monoisotopic (exact) mass is 310 g/mol. The van der Waals surface area contributed by atoms with Gasteiger partial charge in [0.15, 0.2) is 11.5 Å². The molecule has 2 heterocycles. The number of hydrogen-bond donors (Lipinski definition) is 2. The summed E-state index contributed by atoms with van der Waals surface area (Å²) in [5.41, 5.74) is 6.35. The zero-order valence-electron chi connectivity index (χ0n) is 11.2. The Morgan fingerprint density at radius 1 is 1.29 bits per heavy atom. The van der Waals surface area contributed by atoms with E-state index in [1.807, 2.05) is 0 Å². The molecule has 0 radical (unpaired) electrons. The first-order valence-electron chi connectivity index (χ1n) is 6.16. The van der Waals surface area contributed by atoms with Gasteiger partial charge in [0.1, 0.15) is 18.1 Å². The second kappa shape index (κ2) is 4.85. The van der Waals surface area contributed by atoms with Crippen molar-refractivity contribution < 1.29 is 17.9 Å². The van der Waals surface area contributed by atoms with E-state index in [4.69, 9.17) is 15.2 Å². The van der Waals surface area contributed by atoms with Gasteiger partial charge in [-0.25, -0.2) is 8.42 Å². The number of nitrogens with zero attached hydrogens (tertiary/aromatic N) is 2. The van der Waals surface area contributed by atoms with Crippen LogP contribution in [0.2, 0.25) is 0 Å². The van der Waals surface area contributed by atoms with E-state index in [9.17, 15) is 8.42 Å². The maximum Gasteiger partial charge on any atom is 0.265 e. The second-order valence-electron chi connectivity index (χ2n) is 4.54. The normalized spacial score (nSPS) is 14.0. The molecule has 0 aliphatic carbocycles. The number of fused-ring (bicyclic) bond motifs is 1. The fraction of sp³-hybridized carbons (Fsp3) is 0.250. The third-order valence-electron chi connectivity index (χ3n) is 2.95. The summed E-state index contributed by atoms with van der Waals surface area (Å²) in [6, 6.07) is 3.05. The molecule has 112 valence electrons. The smallest absolute Gasteiger partial charge is 0.265 e. The average molecular weight is 310 g/mol. The van der Waals surface area contributed by atoms with Crippen LogP contribution in [-0.2, 0) is 17.1 Å². The van der Waals surface area contributed by atoms with Crippen LogP contribution in [0.25, 0.3) is 0 Å². The number of anilines is 2. The average Bonchev–Trinajstić information content (AvgIpc) is 2.87. The first-order chi connectivity index (χ1) is 9.95. The van der Waals surface area contributed by atoms with Gasteiger partial charge in [-0.2, -0.15) is 5.10 Å². The molecule has 0 unspecified atom stereocenters. The van der Waals surface area contributed by atoms with Gasteiger partial charge < -0.3 is 15.2 Å².